The van der Waals surface area contributed by atoms with Crippen molar-refractivity contribution in [1.82, 2.24) is 20.5 Å². The van der Waals surface area contributed by atoms with Gasteiger partial charge in [-0.05, 0) is 0 Å². The molecule has 3 aliphatic heterocycles. The van der Waals surface area contributed by atoms with Crippen LogP contribution in [0.25, 0.3) is 0 Å². The summed E-state index contributed by atoms with van der Waals surface area (Å²) >= 11 is 2.41. The molecular weight excluding hydrogens is 522 g/mol. The highest BCUT2D eigenvalue weighted by atomic mass is 32.2. The minimum Gasteiger partial charge on any atom is -0.543 e. The van der Waals surface area contributed by atoms with Crippen molar-refractivity contribution in [2.45, 2.75) is 30.5 Å². The van der Waals surface area contributed by atoms with Crippen LogP contribution in [0, 0.1) is 0 Å². The number of rotatable bonds is 8. The van der Waals surface area contributed by atoms with Crippen LogP contribution in [0.2, 0.25) is 0 Å². The van der Waals surface area contributed by atoms with Gasteiger partial charge in [-0.2, -0.15) is 0 Å². The molecule has 192 valence electrons. The van der Waals surface area contributed by atoms with Crippen molar-refractivity contribution in [1.29, 1.82) is 0 Å². The summed E-state index contributed by atoms with van der Waals surface area (Å²) in [6.45, 7) is 0.702. The van der Waals surface area contributed by atoms with Crippen LogP contribution >= 0.6 is 23.1 Å². The van der Waals surface area contributed by atoms with Crippen LogP contribution in [0.3, 0.4) is 0 Å². The molecule has 5 heterocycles. The number of pyridine rings is 1. The van der Waals surface area contributed by atoms with Crippen molar-refractivity contribution in [2.75, 3.05) is 18.0 Å². The van der Waals surface area contributed by atoms with Crippen LogP contribution in [-0.4, -0.2) is 69.1 Å². The van der Waals surface area contributed by atoms with Gasteiger partial charge in [0.25, 0.3) is 17.7 Å². The topological polar surface area (TPSA) is 183 Å². The Bertz CT molecular complexity index is 1330. The molecule has 0 radical (unpaired) electrons. The number of thioether (sulfide) groups is 1. The van der Waals surface area contributed by atoms with Crippen LogP contribution in [-0.2, 0) is 30.6 Å². The number of aromatic nitrogens is 2. The summed E-state index contributed by atoms with van der Waals surface area (Å²) in [6, 6.07) is 4.47. The fourth-order valence-electron chi connectivity index (χ4n) is 4.15. The normalized spacial score (nSPS) is 23.3. The lowest BCUT2D eigenvalue weighted by Crippen LogP contribution is -2.71. The molecule has 0 aliphatic carbocycles. The molecule has 13 nitrogen and oxygen atoms in total. The number of nitrogens with one attached hydrogen (secondary N) is 2. The predicted octanol–water partition coefficient (Wildman–Crippen LogP) is -2.27. The van der Waals surface area contributed by atoms with E-state index in [2.05, 4.69) is 20.8 Å². The van der Waals surface area contributed by atoms with Crippen LogP contribution in [0.5, 0.6) is 0 Å². The van der Waals surface area contributed by atoms with Gasteiger partial charge in [0, 0.05) is 41.8 Å². The number of thiazole rings is 1. The number of β-lactam (4-membered cyclic amide) rings is 1. The van der Waals surface area contributed by atoms with E-state index >= 15 is 0 Å². The first kappa shape index (κ1) is 24.7. The standard InChI is InChI=1S/C22H21N7O6S2/c23-22-25-12(10-37-22)14(27-35-13-4-5-24-17(13)30)18(31)26-15-19(32)29-16(21(33)34)11(9-36-20(15)29)8-28-6-2-1-3-7-28/h1-3,6-7,10,13,15,20H,4-5,8-9H2,(H4-,23,24,25,26,30,31,33,34)/b27-14-/t13?,15-,20+/m1/s1. The lowest BCUT2D eigenvalue weighted by atomic mass is 10.0. The molecule has 3 atom stereocenters. The third-order valence-electron chi connectivity index (χ3n) is 5.93. The van der Waals surface area contributed by atoms with Crippen molar-refractivity contribution in [3.8, 4) is 0 Å². The molecule has 3 aliphatic rings. The lowest BCUT2D eigenvalue weighted by Gasteiger charge is -2.50. The molecule has 0 saturated carbocycles. The average Bonchev–Trinajstić information content (AvgIpc) is 3.50. The number of carbonyl (C=O) groups excluding carboxylic acids is 4. The smallest absolute Gasteiger partial charge is 0.276 e. The first-order valence-electron chi connectivity index (χ1n) is 11.2. The average molecular weight is 544 g/mol. The van der Waals surface area contributed by atoms with E-state index in [-0.39, 0.29) is 34.7 Å². The molecule has 4 N–H and O–H groups in total. The number of hydrogen-bond donors (Lipinski definition) is 3. The quantitative estimate of drug-likeness (QED) is 0.143. The second-order valence-corrected chi connectivity index (χ2v) is 10.3. The summed E-state index contributed by atoms with van der Waals surface area (Å²) in [5.74, 6) is -2.84. The Hall–Kier alpha value is -3.98. The summed E-state index contributed by atoms with van der Waals surface area (Å²) < 4.78 is 1.80. The van der Waals surface area contributed by atoms with E-state index in [1.54, 1.807) is 17.0 Å². The largest absolute Gasteiger partial charge is 0.543 e. The number of hydrogen-bond acceptors (Lipinski definition) is 11. The third-order valence-corrected chi connectivity index (χ3v) is 7.94. The molecule has 0 aromatic carbocycles. The Morgan fingerprint density at radius 2 is 2.11 bits per heavy atom. The zero-order chi connectivity index (χ0) is 26.1. The van der Waals surface area contributed by atoms with Crippen molar-refractivity contribution >= 4 is 57.6 Å². The molecule has 5 rings (SSSR count). The summed E-state index contributed by atoms with van der Waals surface area (Å²) in [6.07, 6.45) is 3.11. The number of oxime groups is 1. The van der Waals surface area contributed by atoms with Crippen LogP contribution in [0.4, 0.5) is 5.13 Å². The van der Waals surface area contributed by atoms with E-state index in [1.165, 1.54) is 17.1 Å². The van der Waals surface area contributed by atoms with Crippen molar-refractivity contribution < 1.29 is 33.7 Å². The van der Waals surface area contributed by atoms with Gasteiger partial charge in [-0.1, -0.05) is 11.2 Å². The molecule has 0 bridgehead atoms. The summed E-state index contributed by atoms with van der Waals surface area (Å²) in [5.41, 5.74) is 5.91. The number of fused-ring (bicyclic) bond motifs is 1. The van der Waals surface area contributed by atoms with Crippen LogP contribution < -0.4 is 26.0 Å². The van der Waals surface area contributed by atoms with Gasteiger partial charge in [-0.3, -0.25) is 19.3 Å². The minimum atomic E-state index is -1.46. The van der Waals surface area contributed by atoms with E-state index in [1.807, 2.05) is 18.2 Å². The van der Waals surface area contributed by atoms with Gasteiger partial charge in [0.2, 0.25) is 6.10 Å². The maximum atomic E-state index is 13.2. The molecule has 2 saturated heterocycles. The van der Waals surface area contributed by atoms with E-state index in [0.717, 1.165) is 16.2 Å². The van der Waals surface area contributed by atoms with Gasteiger partial charge in [-0.25, -0.2) is 9.55 Å². The first-order chi connectivity index (χ1) is 17.8. The predicted molar refractivity (Wildman–Crippen MR) is 129 cm³/mol. The highest BCUT2D eigenvalue weighted by Crippen LogP contribution is 2.40. The van der Waals surface area contributed by atoms with Crippen LogP contribution in [0.1, 0.15) is 12.1 Å². The summed E-state index contributed by atoms with van der Waals surface area (Å²) in [4.78, 5) is 60.5. The molecule has 37 heavy (non-hydrogen) atoms. The zero-order valence-electron chi connectivity index (χ0n) is 19.2. The number of carboxylic acid groups (broad SMARTS) is 1. The van der Waals surface area contributed by atoms with Gasteiger partial charge in [0.15, 0.2) is 29.8 Å². The van der Waals surface area contributed by atoms with Gasteiger partial charge in [-0.15, -0.1) is 23.1 Å². The maximum absolute atomic E-state index is 13.2. The zero-order valence-corrected chi connectivity index (χ0v) is 20.8. The highest BCUT2D eigenvalue weighted by molar-refractivity contribution is 8.00. The second-order valence-electron chi connectivity index (χ2n) is 8.33. The summed E-state index contributed by atoms with van der Waals surface area (Å²) in [7, 11) is 0. The lowest BCUT2D eigenvalue weighted by molar-refractivity contribution is -0.689. The highest BCUT2D eigenvalue weighted by Gasteiger charge is 2.53. The van der Waals surface area contributed by atoms with Crippen molar-refractivity contribution in [3.63, 3.8) is 0 Å². The monoisotopic (exact) mass is 543 g/mol. The third kappa shape index (κ3) is 4.86. The Morgan fingerprint density at radius 1 is 1.32 bits per heavy atom. The van der Waals surface area contributed by atoms with Gasteiger partial charge >= 0.3 is 0 Å². The number of nitrogens with zero attached hydrogens (tertiary/aromatic N) is 4. The van der Waals surface area contributed by atoms with E-state index in [9.17, 15) is 24.3 Å². The van der Waals surface area contributed by atoms with Crippen molar-refractivity contribution in [2.24, 2.45) is 5.16 Å². The number of carboxylic acids is 1. The Kier molecular flexibility index (Phi) is 6.80. The molecule has 2 aromatic rings. The van der Waals surface area contributed by atoms with Gasteiger partial charge in [0.05, 0.1) is 11.7 Å². The minimum absolute atomic E-state index is 0.121. The van der Waals surface area contributed by atoms with E-state index in [0.29, 0.717) is 24.3 Å². The number of amides is 3. The molecule has 1 unspecified atom stereocenters. The molecule has 2 aromatic heterocycles. The van der Waals surface area contributed by atoms with Gasteiger partial charge < -0.3 is 31.1 Å². The number of carbonyl (C=O) groups is 4. The molecule has 0 spiro atoms. The first-order valence-corrected chi connectivity index (χ1v) is 13.1. The summed E-state index contributed by atoms with van der Waals surface area (Å²) in [5, 5.41) is 22.1. The second kappa shape index (κ2) is 10.2. The Labute approximate surface area is 218 Å². The van der Waals surface area contributed by atoms with E-state index < -0.39 is 35.3 Å². The molecule has 15 heteroatoms. The molecule has 3 amide bonds. The number of nitrogens with two attached hydrogens (primary N) is 1. The molecule has 2 fully saturated rings. The van der Waals surface area contributed by atoms with E-state index in [4.69, 9.17) is 10.6 Å². The maximum Gasteiger partial charge on any atom is 0.276 e. The van der Waals surface area contributed by atoms with Gasteiger partial charge in [0.1, 0.15) is 17.1 Å². The Balaban J connectivity index is 1.34. The molecular formula is C22H21N7O6S2. The van der Waals surface area contributed by atoms with Crippen LogP contribution in [0.15, 0.2) is 52.4 Å². The van der Waals surface area contributed by atoms with Crippen molar-refractivity contribution in [3.05, 3.63) is 52.9 Å². The number of aliphatic carboxylic acids is 1. The Morgan fingerprint density at radius 3 is 2.76 bits per heavy atom. The fraction of sp³-hybridized carbons (Fsp3) is 0.318. The fourth-order valence-corrected chi connectivity index (χ4v) is 6.04. The number of nitrogen functional groups attached to an aromatic ring is 1. The number of anilines is 1. The SMILES string of the molecule is Nc1nc(/C(=N/OC2CCNC2=O)C(=O)N[C@@H]2C(=O)N3C(C(=O)[O-])=C(C[n+]4ccccc4)CS[C@@H]23)cs1.